The zero-order valence-corrected chi connectivity index (χ0v) is 19.8. The zero-order valence-electron chi connectivity index (χ0n) is 18.9. The molecule has 33 heavy (non-hydrogen) atoms. The number of nitrogens with zero attached hydrogens (tertiary/aromatic N) is 3. The fourth-order valence-corrected chi connectivity index (χ4v) is 6.20. The van der Waals surface area contributed by atoms with Crippen LogP contribution in [0.15, 0.2) is 47.5 Å². The van der Waals surface area contributed by atoms with Crippen molar-refractivity contribution in [2.45, 2.75) is 50.9 Å². The van der Waals surface area contributed by atoms with Gasteiger partial charge in [0.05, 0.1) is 5.01 Å². The van der Waals surface area contributed by atoms with Crippen molar-refractivity contribution in [3.05, 3.63) is 58.2 Å². The number of rotatable bonds is 5. The minimum Gasteiger partial charge on any atom is -0.484 e. The van der Waals surface area contributed by atoms with E-state index in [1.807, 2.05) is 45.5 Å². The molecule has 2 aliphatic heterocycles. The normalized spacial score (nSPS) is 21.3. The standard InChI is InChI=1S/C26H31N3O3S/c30-24(17-32-21-9-2-1-3-10-21)28-15-12-20(13-16-28)25-27-22(18-33-25)26(31)29-14-6-8-19-7-4-5-11-23(19)29/h1-3,9-11,18-20H,4-8,12-17H2. The van der Waals surface area contributed by atoms with Gasteiger partial charge in [-0.25, -0.2) is 4.98 Å². The molecule has 2 fully saturated rings. The molecule has 2 aromatic rings. The van der Waals surface area contributed by atoms with E-state index in [-0.39, 0.29) is 18.4 Å². The van der Waals surface area contributed by atoms with Crippen molar-refractivity contribution in [2.75, 3.05) is 26.2 Å². The van der Waals surface area contributed by atoms with Gasteiger partial charge < -0.3 is 14.5 Å². The second kappa shape index (κ2) is 10.1. The first-order valence-electron chi connectivity index (χ1n) is 12.1. The molecule has 2 saturated heterocycles. The van der Waals surface area contributed by atoms with Crippen molar-refractivity contribution in [3.63, 3.8) is 0 Å². The van der Waals surface area contributed by atoms with Crippen molar-refractivity contribution in [3.8, 4) is 5.75 Å². The highest BCUT2D eigenvalue weighted by atomic mass is 32.1. The Morgan fingerprint density at radius 3 is 2.61 bits per heavy atom. The molecule has 0 N–H and O–H groups in total. The monoisotopic (exact) mass is 465 g/mol. The lowest BCUT2D eigenvalue weighted by Gasteiger charge is -2.37. The lowest BCUT2D eigenvalue weighted by molar-refractivity contribution is -0.134. The maximum absolute atomic E-state index is 13.2. The van der Waals surface area contributed by atoms with E-state index in [2.05, 4.69) is 6.08 Å². The van der Waals surface area contributed by atoms with Crippen LogP contribution in [0.1, 0.15) is 66.4 Å². The lowest BCUT2D eigenvalue weighted by Crippen LogP contribution is -2.40. The Kier molecular flexibility index (Phi) is 6.76. The summed E-state index contributed by atoms with van der Waals surface area (Å²) in [6.45, 7) is 2.27. The number of carbonyl (C=O) groups is 2. The number of para-hydroxylation sites is 1. The number of piperidine rings is 2. The number of thiazole rings is 1. The maximum atomic E-state index is 13.2. The van der Waals surface area contributed by atoms with E-state index in [0.717, 1.165) is 37.2 Å². The second-order valence-corrected chi connectivity index (χ2v) is 10.1. The van der Waals surface area contributed by atoms with Crippen LogP contribution in [0.3, 0.4) is 0 Å². The number of benzene rings is 1. The Morgan fingerprint density at radius 2 is 1.79 bits per heavy atom. The quantitative estimate of drug-likeness (QED) is 0.633. The minimum absolute atomic E-state index is 0.0210. The topological polar surface area (TPSA) is 62.7 Å². The molecule has 6 nitrogen and oxygen atoms in total. The molecule has 0 radical (unpaired) electrons. The molecule has 1 atom stereocenters. The smallest absolute Gasteiger partial charge is 0.277 e. The number of fused-ring (bicyclic) bond motifs is 1. The Hall–Kier alpha value is -2.67. The minimum atomic E-state index is 0.0210. The van der Waals surface area contributed by atoms with Gasteiger partial charge in [0.25, 0.3) is 11.8 Å². The number of likely N-dealkylation sites (tertiary alicyclic amines) is 2. The van der Waals surface area contributed by atoms with Gasteiger partial charge in [0.1, 0.15) is 11.4 Å². The van der Waals surface area contributed by atoms with Gasteiger partial charge in [-0.1, -0.05) is 24.3 Å². The molecule has 0 saturated carbocycles. The molecule has 3 aliphatic rings. The average molecular weight is 466 g/mol. The third-order valence-corrected chi connectivity index (χ3v) is 8.07. The van der Waals surface area contributed by atoms with Gasteiger partial charge in [0, 0.05) is 36.6 Å². The Labute approximate surface area is 199 Å². The molecule has 5 rings (SSSR count). The Bertz CT molecular complexity index is 1010. The van der Waals surface area contributed by atoms with E-state index in [0.29, 0.717) is 36.4 Å². The molecular formula is C26H31N3O3S. The summed E-state index contributed by atoms with van der Waals surface area (Å²) in [5.74, 6) is 1.64. The number of hydrogen-bond donors (Lipinski definition) is 0. The van der Waals surface area contributed by atoms with Gasteiger partial charge in [-0.3, -0.25) is 9.59 Å². The van der Waals surface area contributed by atoms with Crippen LogP contribution in [0.25, 0.3) is 0 Å². The predicted molar refractivity (Wildman–Crippen MR) is 128 cm³/mol. The highest BCUT2D eigenvalue weighted by Crippen LogP contribution is 2.36. The molecule has 0 bridgehead atoms. The van der Waals surface area contributed by atoms with Crippen molar-refractivity contribution in [1.29, 1.82) is 0 Å². The van der Waals surface area contributed by atoms with Crippen LogP contribution in [-0.2, 0) is 4.79 Å². The molecule has 3 heterocycles. The van der Waals surface area contributed by atoms with Crippen molar-refractivity contribution >= 4 is 23.2 Å². The van der Waals surface area contributed by atoms with Crippen LogP contribution in [0, 0.1) is 5.92 Å². The van der Waals surface area contributed by atoms with E-state index in [1.54, 1.807) is 11.3 Å². The molecule has 1 unspecified atom stereocenters. The molecule has 1 aliphatic carbocycles. The summed E-state index contributed by atoms with van der Waals surface area (Å²) in [7, 11) is 0. The first kappa shape index (κ1) is 22.1. The predicted octanol–water partition coefficient (Wildman–Crippen LogP) is 4.85. The molecule has 2 amide bonds. The first-order valence-corrected chi connectivity index (χ1v) is 13.0. The summed E-state index contributed by atoms with van der Waals surface area (Å²) in [5.41, 5.74) is 1.81. The molecule has 174 valence electrons. The third kappa shape index (κ3) is 4.98. The molecule has 0 spiro atoms. The van der Waals surface area contributed by atoms with Crippen LogP contribution >= 0.6 is 11.3 Å². The number of amides is 2. The lowest BCUT2D eigenvalue weighted by atomic mass is 9.85. The van der Waals surface area contributed by atoms with E-state index in [4.69, 9.17) is 9.72 Å². The highest BCUT2D eigenvalue weighted by Gasteiger charge is 2.32. The second-order valence-electron chi connectivity index (χ2n) is 9.18. The largest absolute Gasteiger partial charge is 0.484 e. The van der Waals surface area contributed by atoms with Gasteiger partial charge in [0.15, 0.2) is 6.61 Å². The molecule has 7 heteroatoms. The van der Waals surface area contributed by atoms with E-state index in [9.17, 15) is 9.59 Å². The number of carbonyl (C=O) groups excluding carboxylic acids is 2. The average Bonchev–Trinajstić information content (AvgIpc) is 3.38. The van der Waals surface area contributed by atoms with Crippen LogP contribution in [-0.4, -0.2) is 52.8 Å². The number of hydrogen-bond acceptors (Lipinski definition) is 5. The Balaban J connectivity index is 1.15. The van der Waals surface area contributed by atoms with E-state index in [1.165, 1.54) is 25.0 Å². The van der Waals surface area contributed by atoms with Gasteiger partial charge in [0.2, 0.25) is 0 Å². The van der Waals surface area contributed by atoms with E-state index >= 15 is 0 Å². The van der Waals surface area contributed by atoms with Gasteiger partial charge in [-0.05, 0) is 63.0 Å². The van der Waals surface area contributed by atoms with Gasteiger partial charge >= 0.3 is 0 Å². The number of ether oxygens (including phenoxy) is 1. The fraction of sp³-hybridized carbons (Fsp3) is 0.500. The Morgan fingerprint density at radius 1 is 1.00 bits per heavy atom. The summed E-state index contributed by atoms with van der Waals surface area (Å²) in [6.07, 6.45) is 9.79. The summed E-state index contributed by atoms with van der Waals surface area (Å²) < 4.78 is 5.61. The highest BCUT2D eigenvalue weighted by molar-refractivity contribution is 7.09. The maximum Gasteiger partial charge on any atom is 0.277 e. The molecule has 1 aromatic heterocycles. The van der Waals surface area contributed by atoms with Crippen LogP contribution in [0.2, 0.25) is 0 Å². The third-order valence-electron chi connectivity index (χ3n) is 7.06. The van der Waals surface area contributed by atoms with E-state index < -0.39 is 0 Å². The fourth-order valence-electron chi connectivity index (χ4n) is 5.24. The van der Waals surface area contributed by atoms with Crippen molar-refractivity contribution in [2.24, 2.45) is 5.92 Å². The summed E-state index contributed by atoms with van der Waals surface area (Å²) >= 11 is 1.59. The van der Waals surface area contributed by atoms with Gasteiger partial charge in [-0.2, -0.15) is 0 Å². The zero-order chi connectivity index (χ0) is 22.6. The van der Waals surface area contributed by atoms with Crippen molar-refractivity contribution < 1.29 is 14.3 Å². The summed E-state index contributed by atoms with van der Waals surface area (Å²) in [5, 5.41) is 2.95. The molecular weight excluding hydrogens is 434 g/mol. The SMILES string of the molecule is O=C(COc1ccccc1)N1CCC(c2nc(C(=O)N3CCCC4CCCC=C43)cs2)CC1. The number of aromatic nitrogens is 1. The van der Waals surface area contributed by atoms with Crippen LogP contribution in [0.5, 0.6) is 5.75 Å². The van der Waals surface area contributed by atoms with Crippen molar-refractivity contribution in [1.82, 2.24) is 14.8 Å². The molecule has 1 aromatic carbocycles. The van der Waals surface area contributed by atoms with Crippen LogP contribution in [0.4, 0.5) is 0 Å². The van der Waals surface area contributed by atoms with Gasteiger partial charge in [-0.15, -0.1) is 11.3 Å². The summed E-state index contributed by atoms with van der Waals surface area (Å²) in [6, 6.07) is 9.43. The summed E-state index contributed by atoms with van der Waals surface area (Å²) in [4.78, 5) is 34.4. The number of allylic oxidation sites excluding steroid dienone is 2. The van der Waals surface area contributed by atoms with Crippen LogP contribution < -0.4 is 4.74 Å². The first-order chi connectivity index (χ1) is 16.2.